The number of fused-ring (bicyclic) bond motifs is 1. The van der Waals surface area contributed by atoms with E-state index in [2.05, 4.69) is 0 Å². The third-order valence-corrected chi connectivity index (χ3v) is 3.18. The summed E-state index contributed by atoms with van der Waals surface area (Å²) in [5, 5.41) is 16.9. The van der Waals surface area contributed by atoms with E-state index in [0.29, 0.717) is 5.69 Å². The molecular formula is C15H19NO4. The van der Waals surface area contributed by atoms with Crippen LogP contribution in [0.4, 0.5) is 0 Å². The second-order valence-corrected chi connectivity index (χ2v) is 4.71. The normalized spacial score (nSPS) is 10.3. The van der Waals surface area contributed by atoms with Crippen LogP contribution in [0.1, 0.15) is 46.2 Å². The summed E-state index contributed by atoms with van der Waals surface area (Å²) in [4.78, 5) is 22.1. The molecule has 0 aliphatic rings. The minimum atomic E-state index is -0.949. The van der Waals surface area contributed by atoms with E-state index in [0.717, 1.165) is 29.9 Å². The molecule has 1 aromatic carbocycles. The Bertz CT molecular complexity index is 641. The van der Waals surface area contributed by atoms with Crippen molar-refractivity contribution in [1.82, 2.24) is 4.57 Å². The SMILES string of the molecule is CC(C)c1cc(C(=O)O)cc2cc(C=O)n(C)c12.CO. The molecule has 1 heterocycles. The van der Waals surface area contributed by atoms with E-state index < -0.39 is 5.97 Å². The van der Waals surface area contributed by atoms with Gasteiger partial charge in [-0.15, -0.1) is 0 Å². The molecule has 20 heavy (non-hydrogen) atoms. The number of rotatable bonds is 3. The van der Waals surface area contributed by atoms with Crippen LogP contribution in [0.3, 0.4) is 0 Å². The van der Waals surface area contributed by atoms with E-state index in [1.807, 2.05) is 25.5 Å². The van der Waals surface area contributed by atoms with E-state index in [-0.39, 0.29) is 11.5 Å². The molecule has 0 unspecified atom stereocenters. The maximum absolute atomic E-state index is 11.1. The fourth-order valence-corrected chi connectivity index (χ4v) is 2.24. The third-order valence-electron chi connectivity index (χ3n) is 3.18. The lowest BCUT2D eigenvalue weighted by Gasteiger charge is -2.11. The van der Waals surface area contributed by atoms with Crippen LogP contribution in [0, 0.1) is 0 Å². The first-order valence-corrected chi connectivity index (χ1v) is 6.22. The molecule has 0 saturated carbocycles. The highest BCUT2D eigenvalue weighted by Gasteiger charge is 2.15. The average Bonchev–Trinajstić information content (AvgIpc) is 2.76. The molecule has 0 fully saturated rings. The van der Waals surface area contributed by atoms with Crippen molar-refractivity contribution >= 4 is 23.2 Å². The molecular weight excluding hydrogens is 258 g/mol. The zero-order chi connectivity index (χ0) is 15.4. The highest BCUT2D eigenvalue weighted by molar-refractivity contribution is 5.97. The van der Waals surface area contributed by atoms with Gasteiger partial charge < -0.3 is 14.8 Å². The molecule has 0 radical (unpaired) electrons. The molecule has 0 atom stereocenters. The number of aliphatic hydroxyl groups excluding tert-OH is 1. The Morgan fingerprint density at radius 1 is 1.25 bits per heavy atom. The van der Waals surface area contributed by atoms with Crippen LogP contribution in [0.2, 0.25) is 0 Å². The highest BCUT2D eigenvalue weighted by atomic mass is 16.4. The van der Waals surface area contributed by atoms with Crippen molar-refractivity contribution in [3.05, 3.63) is 35.0 Å². The van der Waals surface area contributed by atoms with Crippen LogP contribution in [-0.4, -0.2) is 34.1 Å². The van der Waals surface area contributed by atoms with Crippen LogP contribution in [0.5, 0.6) is 0 Å². The molecule has 0 aliphatic heterocycles. The molecule has 0 bridgehead atoms. The summed E-state index contributed by atoms with van der Waals surface area (Å²) in [6.45, 7) is 4.02. The summed E-state index contributed by atoms with van der Waals surface area (Å²) in [6.07, 6.45) is 0.782. The number of aldehydes is 1. The van der Waals surface area contributed by atoms with Gasteiger partial charge in [-0.3, -0.25) is 4.79 Å². The molecule has 5 heteroatoms. The van der Waals surface area contributed by atoms with Gasteiger partial charge in [-0.2, -0.15) is 0 Å². The van der Waals surface area contributed by atoms with Gasteiger partial charge >= 0.3 is 5.97 Å². The van der Waals surface area contributed by atoms with Gasteiger partial charge in [0.05, 0.1) is 16.8 Å². The van der Waals surface area contributed by atoms with Gasteiger partial charge in [-0.25, -0.2) is 4.79 Å². The Morgan fingerprint density at radius 3 is 2.30 bits per heavy atom. The minimum Gasteiger partial charge on any atom is -0.478 e. The summed E-state index contributed by atoms with van der Waals surface area (Å²) < 4.78 is 1.81. The number of hydrogen-bond donors (Lipinski definition) is 2. The Morgan fingerprint density at radius 2 is 1.85 bits per heavy atom. The van der Waals surface area contributed by atoms with Crippen LogP contribution in [0.15, 0.2) is 18.2 Å². The van der Waals surface area contributed by atoms with Gasteiger partial charge in [0.2, 0.25) is 0 Å². The van der Waals surface area contributed by atoms with Crippen LogP contribution < -0.4 is 0 Å². The third kappa shape index (κ3) is 2.72. The van der Waals surface area contributed by atoms with Gasteiger partial charge in [0.25, 0.3) is 0 Å². The number of aromatic nitrogens is 1. The number of aliphatic hydroxyl groups is 1. The maximum Gasteiger partial charge on any atom is 0.335 e. The van der Waals surface area contributed by atoms with Crippen molar-refractivity contribution in [3.8, 4) is 0 Å². The first-order valence-electron chi connectivity index (χ1n) is 6.22. The monoisotopic (exact) mass is 277 g/mol. The van der Waals surface area contributed by atoms with E-state index in [1.165, 1.54) is 0 Å². The van der Waals surface area contributed by atoms with Gasteiger partial charge in [-0.1, -0.05) is 13.8 Å². The number of aryl methyl sites for hydroxylation is 1. The highest BCUT2D eigenvalue weighted by Crippen LogP contribution is 2.29. The molecule has 0 spiro atoms. The lowest BCUT2D eigenvalue weighted by atomic mass is 9.97. The number of carbonyl (C=O) groups is 2. The van der Waals surface area contributed by atoms with E-state index in [9.17, 15) is 9.59 Å². The second-order valence-electron chi connectivity index (χ2n) is 4.71. The standard InChI is InChI=1S/C14H15NO3.CH4O/c1-8(2)12-6-10(14(17)18)4-9-5-11(7-16)15(3)13(9)12;1-2/h4-8H,1-3H3,(H,17,18);2H,1H3. The van der Waals surface area contributed by atoms with Crippen molar-refractivity contribution in [2.45, 2.75) is 19.8 Å². The summed E-state index contributed by atoms with van der Waals surface area (Å²) >= 11 is 0. The zero-order valence-electron chi connectivity index (χ0n) is 12.0. The number of hydrogen-bond acceptors (Lipinski definition) is 3. The topological polar surface area (TPSA) is 79.5 Å². The largest absolute Gasteiger partial charge is 0.478 e. The smallest absolute Gasteiger partial charge is 0.335 e. The Kier molecular flexibility index (Phi) is 5.05. The van der Waals surface area contributed by atoms with Crippen LogP contribution in [0.25, 0.3) is 10.9 Å². The molecule has 2 rings (SSSR count). The molecule has 0 amide bonds. The van der Waals surface area contributed by atoms with Crippen molar-refractivity contribution in [2.24, 2.45) is 7.05 Å². The number of carboxylic acids is 1. The summed E-state index contributed by atoms with van der Waals surface area (Å²) in [6, 6.07) is 5.01. The van der Waals surface area contributed by atoms with Gasteiger partial charge in [0.15, 0.2) is 6.29 Å². The maximum atomic E-state index is 11.1. The first kappa shape index (κ1) is 15.9. The van der Waals surface area contributed by atoms with Crippen LogP contribution >= 0.6 is 0 Å². The first-order chi connectivity index (χ1) is 9.45. The fourth-order valence-electron chi connectivity index (χ4n) is 2.24. The van der Waals surface area contributed by atoms with E-state index >= 15 is 0 Å². The van der Waals surface area contributed by atoms with Gasteiger partial charge in [0.1, 0.15) is 0 Å². The summed E-state index contributed by atoms with van der Waals surface area (Å²) in [5.74, 6) is -0.754. The summed E-state index contributed by atoms with van der Waals surface area (Å²) in [5.41, 5.74) is 2.68. The Balaban J connectivity index is 0.000000956. The van der Waals surface area contributed by atoms with Gasteiger partial charge in [0, 0.05) is 19.5 Å². The van der Waals surface area contributed by atoms with Crippen molar-refractivity contribution in [3.63, 3.8) is 0 Å². The van der Waals surface area contributed by atoms with Crippen molar-refractivity contribution < 1.29 is 19.8 Å². The minimum absolute atomic E-state index is 0.194. The molecule has 2 N–H and O–H groups in total. The van der Waals surface area contributed by atoms with Gasteiger partial charge in [-0.05, 0) is 29.7 Å². The molecule has 2 aromatic rings. The second kappa shape index (κ2) is 6.34. The molecule has 0 aliphatic carbocycles. The molecule has 5 nitrogen and oxygen atoms in total. The summed E-state index contributed by atoms with van der Waals surface area (Å²) in [7, 11) is 2.82. The lowest BCUT2D eigenvalue weighted by molar-refractivity contribution is 0.0696. The Hall–Kier alpha value is -2.14. The number of carbonyl (C=O) groups excluding carboxylic acids is 1. The predicted octanol–water partition coefficient (Wildman–Crippen LogP) is 2.42. The number of nitrogens with zero attached hydrogens (tertiary/aromatic N) is 1. The molecule has 0 saturated heterocycles. The number of aromatic carboxylic acids is 1. The predicted molar refractivity (Wildman–Crippen MR) is 77.5 cm³/mol. The van der Waals surface area contributed by atoms with E-state index in [1.54, 1.807) is 18.2 Å². The quantitative estimate of drug-likeness (QED) is 0.844. The Labute approximate surface area is 117 Å². The van der Waals surface area contributed by atoms with Crippen LogP contribution in [-0.2, 0) is 7.05 Å². The molecule has 108 valence electrons. The zero-order valence-corrected chi connectivity index (χ0v) is 12.0. The fraction of sp³-hybridized carbons (Fsp3) is 0.333. The van der Waals surface area contributed by atoms with E-state index in [4.69, 9.17) is 10.2 Å². The van der Waals surface area contributed by atoms with Crippen molar-refractivity contribution in [1.29, 1.82) is 0 Å². The lowest BCUT2D eigenvalue weighted by Crippen LogP contribution is -2.02. The van der Waals surface area contributed by atoms with Crippen molar-refractivity contribution in [2.75, 3.05) is 7.11 Å². The number of benzene rings is 1. The number of carboxylic acid groups (broad SMARTS) is 1. The molecule has 1 aromatic heterocycles. The average molecular weight is 277 g/mol.